The van der Waals surface area contributed by atoms with Gasteiger partial charge in [-0.2, -0.15) is 0 Å². The largest absolute Gasteiger partial charge is 0.454 e. The Kier molecular flexibility index (Phi) is 5.26. The highest BCUT2D eigenvalue weighted by Crippen LogP contribution is 2.32. The minimum atomic E-state index is -0.327. The molecule has 0 spiro atoms. The van der Waals surface area contributed by atoms with Crippen LogP contribution in [-0.4, -0.2) is 38.2 Å². The van der Waals surface area contributed by atoms with Gasteiger partial charge >= 0.3 is 0 Å². The highest BCUT2D eigenvalue weighted by molar-refractivity contribution is 8.00. The van der Waals surface area contributed by atoms with Gasteiger partial charge in [0.05, 0.1) is 11.8 Å². The van der Waals surface area contributed by atoms with Crippen LogP contribution in [0.5, 0.6) is 11.5 Å². The maximum atomic E-state index is 12.4. The number of thiophene rings is 1. The molecule has 1 amide bonds. The van der Waals surface area contributed by atoms with Gasteiger partial charge < -0.3 is 14.8 Å². The van der Waals surface area contributed by atoms with E-state index in [4.69, 9.17) is 9.47 Å². The number of fused-ring (bicyclic) bond motifs is 1. The molecule has 4 rings (SSSR count). The van der Waals surface area contributed by atoms with Crippen molar-refractivity contribution in [3.8, 4) is 11.5 Å². The molecule has 1 aliphatic heterocycles. The summed E-state index contributed by atoms with van der Waals surface area (Å²) in [7, 11) is 0. The van der Waals surface area contributed by atoms with Crippen LogP contribution in [-0.2, 0) is 17.9 Å². The second kappa shape index (κ2) is 7.97. The van der Waals surface area contributed by atoms with Crippen LogP contribution in [0, 0.1) is 0 Å². The van der Waals surface area contributed by atoms with Crippen LogP contribution in [0.4, 0.5) is 0 Å². The average molecular weight is 403 g/mol. The molecule has 140 valence electrons. The van der Waals surface area contributed by atoms with Gasteiger partial charge in [-0.05, 0) is 46.5 Å². The Morgan fingerprint density at radius 3 is 3.11 bits per heavy atom. The number of thioether (sulfide) groups is 1. The van der Waals surface area contributed by atoms with Crippen molar-refractivity contribution in [2.24, 2.45) is 0 Å². The van der Waals surface area contributed by atoms with E-state index in [0.29, 0.717) is 24.0 Å². The summed E-state index contributed by atoms with van der Waals surface area (Å²) in [4.78, 5) is 13.6. The van der Waals surface area contributed by atoms with Crippen LogP contribution in [0.2, 0.25) is 0 Å². The minimum Gasteiger partial charge on any atom is -0.454 e. The van der Waals surface area contributed by atoms with E-state index < -0.39 is 0 Å². The third kappa shape index (κ3) is 4.22. The Bertz CT molecular complexity index is 929. The molecule has 0 radical (unpaired) electrons. The summed E-state index contributed by atoms with van der Waals surface area (Å²) in [6.45, 7) is 3.09. The molecule has 0 aliphatic carbocycles. The lowest BCUT2D eigenvalue weighted by Crippen LogP contribution is -2.30. The normalized spacial score (nSPS) is 13.5. The van der Waals surface area contributed by atoms with E-state index >= 15 is 0 Å². The molecule has 3 aromatic rings. The molecule has 1 N–H and O–H groups in total. The zero-order valence-corrected chi connectivity index (χ0v) is 16.1. The number of carbonyl (C=O) groups is 1. The molecule has 0 fully saturated rings. The van der Waals surface area contributed by atoms with Crippen molar-refractivity contribution in [3.05, 3.63) is 46.2 Å². The summed E-state index contributed by atoms with van der Waals surface area (Å²) < 4.78 is 12.4. The molecule has 8 nitrogen and oxygen atoms in total. The van der Waals surface area contributed by atoms with Crippen molar-refractivity contribution in [1.82, 2.24) is 25.5 Å². The number of rotatable bonds is 7. The number of aromatic nitrogens is 4. The summed E-state index contributed by atoms with van der Waals surface area (Å²) in [6, 6.07) is 9.65. The summed E-state index contributed by atoms with van der Waals surface area (Å²) in [5.74, 6) is 1.35. The SMILES string of the molecule is CC(Sc1nnnn1Cc1cccs1)C(=O)NCc1ccc2c(c1)OCO2. The van der Waals surface area contributed by atoms with Crippen LogP contribution in [0.1, 0.15) is 17.4 Å². The summed E-state index contributed by atoms with van der Waals surface area (Å²) in [6.07, 6.45) is 0. The number of hydrogen-bond donors (Lipinski definition) is 1. The van der Waals surface area contributed by atoms with Gasteiger partial charge in [0.2, 0.25) is 17.9 Å². The van der Waals surface area contributed by atoms with Crippen molar-refractivity contribution in [2.75, 3.05) is 6.79 Å². The third-order valence-electron chi connectivity index (χ3n) is 3.94. The van der Waals surface area contributed by atoms with Crippen LogP contribution in [0.3, 0.4) is 0 Å². The van der Waals surface area contributed by atoms with Gasteiger partial charge in [0, 0.05) is 11.4 Å². The minimum absolute atomic E-state index is 0.0802. The first-order chi connectivity index (χ1) is 13.2. The maximum absolute atomic E-state index is 12.4. The first-order valence-electron chi connectivity index (χ1n) is 8.30. The lowest BCUT2D eigenvalue weighted by Gasteiger charge is -2.12. The number of amides is 1. The van der Waals surface area contributed by atoms with Crippen molar-refractivity contribution >= 4 is 29.0 Å². The Labute approximate surface area is 163 Å². The highest BCUT2D eigenvalue weighted by Gasteiger charge is 2.19. The second-order valence-electron chi connectivity index (χ2n) is 5.86. The number of tetrazole rings is 1. The number of carbonyl (C=O) groups excluding carboxylic acids is 1. The molecular formula is C17H17N5O3S2. The van der Waals surface area contributed by atoms with E-state index in [2.05, 4.69) is 20.8 Å². The van der Waals surface area contributed by atoms with Gasteiger partial charge in [0.15, 0.2) is 11.5 Å². The van der Waals surface area contributed by atoms with Gasteiger partial charge in [0.25, 0.3) is 0 Å². The van der Waals surface area contributed by atoms with Crippen LogP contribution >= 0.6 is 23.1 Å². The van der Waals surface area contributed by atoms with Gasteiger partial charge in [-0.1, -0.05) is 23.9 Å². The smallest absolute Gasteiger partial charge is 0.233 e. The summed E-state index contributed by atoms with van der Waals surface area (Å²) in [5, 5.41) is 17.0. The molecule has 1 atom stereocenters. The Hall–Kier alpha value is -2.59. The first-order valence-corrected chi connectivity index (χ1v) is 10.1. The molecule has 1 aliphatic rings. The fraction of sp³-hybridized carbons (Fsp3) is 0.294. The topological polar surface area (TPSA) is 91.2 Å². The zero-order valence-electron chi connectivity index (χ0n) is 14.5. The number of nitrogens with zero attached hydrogens (tertiary/aromatic N) is 4. The van der Waals surface area contributed by atoms with E-state index in [9.17, 15) is 4.79 Å². The lowest BCUT2D eigenvalue weighted by molar-refractivity contribution is -0.120. The molecule has 1 aromatic carbocycles. The van der Waals surface area contributed by atoms with E-state index in [1.165, 1.54) is 11.8 Å². The molecular weight excluding hydrogens is 386 g/mol. The summed E-state index contributed by atoms with van der Waals surface area (Å²) >= 11 is 2.98. The maximum Gasteiger partial charge on any atom is 0.233 e. The Morgan fingerprint density at radius 2 is 2.26 bits per heavy atom. The van der Waals surface area contributed by atoms with Gasteiger partial charge in [-0.25, -0.2) is 4.68 Å². The molecule has 27 heavy (non-hydrogen) atoms. The van der Waals surface area contributed by atoms with E-state index in [1.807, 2.05) is 42.6 Å². The monoisotopic (exact) mass is 403 g/mol. The molecule has 3 heterocycles. The van der Waals surface area contributed by atoms with Crippen LogP contribution in [0.15, 0.2) is 40.9 Å². The second-order valence-corrected chi connectivity index (χ2v) is 8.20. The Balaban J connectivity index is 1.32. The molecule has 2 aromatic heterocycles. The average Bonchev–Trinajstić information content (AvgIpc) is 3.42. The van der Waals surface area contributed by atoms with Crippen molar-refractivity contribution in [1.29, 1.82) is 0 Å². The number of benzene rings is 1. The fourth-order valence-corrected chi connectivity index (χ4v) is 4.02. The van der Waals surface area contributed by atoms with Crippen molar-refractivity contribution in [3.63, 3.8) is 0 Å². The molecule has 1 unspecified atom stereocenters. The zero-order chi connectivity index (χ0) is 18.6. The van der Waals surface area contributed by atoms with E-state index in [-0.39, 0.29) is 18.0 Å². The van der Waals surface area contributed by atoms with E-state index in [1.54, 1.807) is 16.0 Å². The molecule has 0 bridgehead atoms. The number of ether oxygens (including phenoxy) is 2. The predicted molar refractivity (Wildman–Crippen MR) is 101 cm³/mol. The standard InChI is InChI=1S/C17H17N5O3S2/c1-11(27-17-19-20-21-22(17)9-13-3-2-6-26-13)16(23)18-8-12-4-5-14-15(7-12)25-10-24-14/h2-7,11H,8-10H2,1H3,(H,18,23). The molecule has 10 heteroatoms. The lowest BCUT2D eigenvalue weighted by atomic mass is 10.2. The third-order valence-corrected chi connectivity index (χ3v) is 5.87. The molecule has 0 saturated heterocycles. The van der Waals surface area contributed by atoms with E-state index in [0.717, 1.165) is 16.2 Å². The van der Waals surface area contributed by atoms with Crippen LogP contribution in [0.25, 0.3) is 0 Å². The van der Waals surface area contributed by atoms with Gasteiger partial charge in [-0.3, -0.25) is 4.79 Å². The van der Waals surface area contributed by atoms with Crippen molar-refractivity contribution in [2.45, 2.75) is 30.4 Å². The van der Waals surface area contributed by atoms with Crippen molar-refractivity contribution < 1.29 is 14.3 Å². The van der Waals surface area contributed by atoms with Gasteiger partial charge in [0.1, 0.15) is 0 Å². The quantitative estimate of drug-likeness (QED) is 0.605. The predicted octanol–water partition coefficient (Wildman–Crippen LogP) is 2.31. The fourth-order valence-electron chi connectivity index (χ4n) is 2.53. The number of nitrogens with one attached hydrogen (secondary N) is 1. The Morgan fingerprint density at radius 1 is 1.37 bits per heavy atom. The highest BCUT2D eigenvalue weighted by atomic mass is 32.2. The summed E-state index contributed by atoms with van der Waals surface area (Å²) in [5.41, 5.74) is 0.951. The number of hydrogen-bond acceptors (Lipinski definition) is 8. The van der Waals surface area contributed by atoms with Crippen LogP contribution < -0.4 is 14.8 Å². The molecule has 0 saturated carbocycles. The first kappa shape index (κ1) is 17.8. The van der Waals surface area contributed by atoms with Gasteiger partial charge in [-0.15, -0.1) is 16.4 Å².